The van der Waals surface area contributed by atoms with Crippen LogP contribution in [-0.4, -0.2) is 14.8 Å². The third-order valence-corrected chi connectivity index (χ3v) is 3.06. The first-order valence-corrected chi connectivity index (χ1v) is 5.11. The Morgan fingerprint density at radius 3 is 2.71 bits per heavy atom. The highest BCUT2D eigenvalue weighted by atomic mass is 79.9. The number of halogens is 1. The minimum atomic E-state index is 0.776. The summed E-state index contributed by atoms with van der Waals surface area (Å²) >= 11 is 3.54. The summed E-state index contributed by atoms with van der Waals surface area (Å²) in [6.07, 6.45) is 1.72. The van der Waals surface area contributed by atoms with Gasteiger partial charge in [-0.3, -0.25) is 0 Å². The van der Waals surface area contributed by atoms with Gasteiger partial charge in [0, 0.05) is 4.47 Å². The molecule has 1 aromatic heterocycles. The van der Waals surface area contributed by atoms with Crippen LogP contribution in [0.5, 0.6) is 0 Å². The summed E-state index contributed by atoms with van der Waals surface area (Å²) in [7, 11) is 0. The number of hydrogen-bond acceptors (Lipinski definition) is 2. The molecule has 1 heterocycles. The summed E-state index contributed by atoms with van der Waals surface area (Å²) in [5, 5.41) is 4.26. The summed E-state index contributed by atoms with van der Waals surface area (Å²) in [4.78, 5) is 4.09. The first-order valence-electron chi connectivity index (χ1n) is 4.32. The van der Waals surface area contributed by atoms with Gasteiger partial charge < -0.3 is 0 Å². The normalized spacial score (nSPS) is 10.5. The second kappa shape index (κ2) is 3.53. The highest BCUT2D eigenvalue weighted by Gasteiger charge is 2.05. The monoisotopic (exact) mass is 251 g/mol. The molecule has 0 aliphatic heterocycles. The van der Waals surface area contributed by atoms with Gasteiger partial charge in [-0.05, 0) is 41.4 Å². The topological polar surface area (TPSA) is 30.7 Å². The summed E-state index contributed by atoms with van der Waals surface area (Å²) in [6.45, 7) is 3.93. The lowest BCUT2D eigenvalue weighted by Crippen LogP contribution is -1.97. The van der Waals surface area contributed by atoms with Crippen LogP contribution in [0.15, 0.2) is 29.0 Å². The number of benzene rings is 1. The van der Waals surface area contributed by atoms with Crippen molar-refractivity contribution in [3.8, 4) is 5.69 Å². The molecule has 1 aromatic carbocycles. The van der Waals surface area contributed by atoms with Gasteiger partial charge >= 0.3 is 0 Å². The van der Waals surface area contributed by atoms with Crippen molar-refractivity contribution in [3.05, 3.63) is 40.4 Å². The van der Waals surface area contributed by atoms with Crippen LogP contribution in [-0.2, 0) is 0 Å². The van der Waals surface area contributed by atoms with Gasteiger partial charge in [0.25, 0.3) is 0 Å². The lowest BCUT2D eigenvalue weighted by atomic mass is 10.2. The molecule has 3 nitrogen and oxygen atoms in total. The predicted molar refractivity (Wildman–Crippen MR) is 58.5 cm³/mol. The predicted octanol–water partition coefficient (Wildman–Crippen LogP) is 2.65. The number of aromatic nitrogens is 3. The molecule has 2 aromatic rings. The van der Waals surface area contributed by atoms with Gasteiger partial charge in [0.2, 0.25) is 0 Å². The highest BCUT2D eigenvalue weighted by molar-refractivity contribution is 9.10. The van der Waals surface area contributed by atoms with Crippen molar-refractivity contribution in [1.29, 1.82) is 0 Å². The van der Waals surface area contributed by atoms with Crippen LogP contribution in [0.3, 0.4) is 0 Å². The van der Waals surface area contributed by atoms with E-state index < -0.39 is 0 Å². The van der Waals surface area contributed by atoms with E-state index >= 15 is 0 Å². The van der Waals surface area contributed by atoms with Gasteiger partial charge in [0.05, 0.1) is 5.69 Å². The Hall–Kier alpha value is -1.16. The van der Waals surface area contributed by atoms with E-state index in [0.29, 0.717) is 0 Å². The molecule has 0 bridgehead atoms. The molecule has 14 heavy (non-hydrogen) atoms. The molecular weight excluding hydrogens is 242 g/mol. The maximum atomic E-state index is 4.26. The van der Waals surface area contributed by atoms with Crippen molar-refractivity contribution < 1.29 is 0 Å². The summed E-state index contributed by atoms with van der Waals surface area (Å²) < 4.78 is 2.83. The molecule has 0 aliphatic rings. The molecule has 4 heteroatoms. The third-order valence-electron chi connectivity index (χ3n) is 2.02. The largest absolute Gasteiger partial charge is 0.220 e. The van der Waals surface area contributed by atoms with E-state index in [1.165, 1.54) is 5.56 Å². The molecule has 0 unspecified atom stereocenters. The fraction of sp³-hybridized carbons (Fsp3) is 0.200. The van der Waals surface area contributed by atoms with Gasteiger partial charge in [0.15, 0.2) is 0 Å². The van der Waals surface area contributed by atoms with Crippen molar-refractivity contribution in [2.75, 3.05) is 0 Å². The number of hydrogen-bond donors (Lipinski definition) is 0. The Morgan fingerprint density at radius 1 is 1.29 bits per heavy atom. The molecule has 0 aliphatic carbocycles. The van der Waals surface area contributed by atoms with Crippen molar-refractivity contribution in [3.63, 3.8) is 0 Å². The van der Waals surface area contributed by atoms with E-state index in [0.717, 1.165) is 16.0 Å². The molecule has 0 saturated heterocycles. The molecule has 0 saturated carbocycles. The Kier molecular flexibility index (Phi) is 2.37. The van der Waals surface area contributed by atoms with E-state index in [9.17, 15) is 0 Å². The second-order valence-corrected chi connectivity index (χ2v) is 3.94. The number of aryl methyl sites for hydroxylation is 2. The summed E-state index contributed by atoms with van der Waals surface area (Å²) in [6, 6.07) is 6.06. The van der Waals surface area contributed by atoms with Crippen LogP contribution in [0.4, 0.5) is 0 Å². The van der Waals surface area contributed by atoms with Crippen LogP contribution in [0.2, 0.25) is 0 Å². The fourth-order valence-electron chi connectivity index (χ4n) is 1.27. The molecule has 0 atom stereocenters. The Balaban J connectivity index is 2.57. The SMILES string of the molecule is Cc1ncn(-c2cccc(C)c2Br)n1. The van der Waals surface area contributed by atoms with E-state index in [1.807, 2.05) is 19.1 Å². The van der Waals surface area contributed by atoms with Crippen LogP contribution in [0.1, 0.15) is 11.4 Å². The van der Waals surface area contributed by atoms with Crippen LogP contribution >= 0.6 is 15.9 Å². The minimum absolute atomic E-state index is 0.776. The van der Waals surface area contributed by atoms with Crippen molar-refractivity contribution in [2.24, 2.45) is 0 Å². The second-order valence-electron chi connectivity index (χ2n) is 3.14. The zero-order chi connectivity index (χ0) is 10.1. The lowest BCUT2D eigenvalue weighted by Gasteiger charge is -2.05. The summed E-state index contributed by atoms with van der Waals surface area (Å²) in [5.74, 6) is 0.776. The number of rotatable bonds is 1. The molecule has 2 rings (SSSR count). The Labute approximate surface area is 90.9 Å². The van der Waals surface area contributed by atoms with Crippen LogP contribution in [0, 0.1) is 13.8 Å². The molecule has 0 N–H and O–H groups in total. The molecule has 0 fully saturated rings. The lowest BCUT2D eigenvalue weighted by molar-refractivity contribution is 0.857. The van der Waals surface area contributed by atoms with E-state index in [4.69, 9.17) is 0 Å². The third kappa shape index (κ3) is 1.57. The van der Waals surface area contributed by atoms with Crippen molar-refractivity contribution in [2.45, 2.75) is 13.8 Å². The van der Waals surface area contributed by atoms with Gasteiger partial charge in [-0.2, -0.15) is 5.10 Å². The minimum Gasteiger partial charge on any atom is -0.220 e. The Morgan fingerprint density at radius 2 is 2.07 bits per heavy atom. The molecular formula is C10H10BrN3. The molecule has 72 valence electrons. The standard InChI is InChI=1S/C10H10BrN3/c1-7-4-3-5-9(10(7)11)14-6-12-8(2)13-14/h3-6H,1-2H3. The zero-order valence-electron chi connectivity index (χ0n) is 8.03. The average Bonchev–Trinajstić information content (AvgIpc) is 2.57. The number of nitrogens with zero attached hydrogens (tertiary/aromatic N) is 3. The Bertz CT molecular complexity index is 462. The first-order chi connectivity index (χ1) is 6.68. The maximum absolute atomic E-state index is 4.26. The van der Waals surface area contributed by atoms with Gasteiger partial charge in [-0.1, -0.05) is 12.1 Å². The molecule has 0 spiro atoms. The van der Waals surface area contributed by atoms with Crippen molar-refractivity contribution >= 4 is 15.9 Å². The van der Waals surface area contributed by atoms with E-state index in [-0.39, 0.29) is 0 Å². The van der Waals surface area contributed by atoms with E-state index in [1.54, 1.807) is 11.0 Å². The van der Waals surface area contributed by atoms with Gasteiger partial charge in [-0.15, -0.1) is 0 Å². The van der Waals surface area contributed by atoms with Crippen LogP contribution in [0.25, 0.3) is 5.69 Å². The van der Waals surface area contributed by atoms with Crippen LogP contribution < -0.4 is 0 Å². The summed E-state index contributed by atoms with van der Waals surface area (Å²) in [5.41, 5.74) is 2.21. The highest BCUT2D eigenvalue weighted by Crippen LogP contribution is 2.23. The first kappa shape index (κ1) is 9.40. The quantitative estimate of drug-likeness (QED) is 0.781. The molecule has 0 radical (unpaired) electrons. The maximum Gasteiger partial charge on any atom is 0.147 e. The average molecular weight is 252 g/mol. The van der Waals surface area contributed by atoms with Gasteiger partial charge in [-0.25, -0.2) is 9.67 Å². The zero-order valence-corrected chi connectivity index (χ0v) is 9.62. The molecule has 0 amide bonds. The van der Waals surface area contributed by atoms with Crippen molar-refractivity contribution in [1.82, 2.24) is 14.8 Å². The fourth-order valence-corrected chi connectivity index (χ4v) is 1.72. The van der Waals surface area contributed by atoms with Gasteiger partial charge in [0.1, 0.15) is 12.2 Å². The smallest absolute Gasteiger partial charge is 0.147 e. The van der Waals surface area contributed by atoms with E-state index in [2.05, 4.69) is 39.0 Å².